The van der Waals surface area contributed by atoms with E-state index in [-0.39, 0.29) is 6.54 Å². The lowest BCUT2D eigenvalue weighted by molar-refractivity contribution is -0.114. The predicted molar refractivity (Wildman–Crippen MR) is 62.2 cm³/mol. The van der Waals surface area contributed by atoms with Crippen LogP contribution in [0.25, 0.3) is 10.4 Å². The lowest BCUT2D eigenvalue weighted by Crippen LogP contribution is -2.15. The Labute approximate surface area is 98.0 Å². The summed E-state index contributed by atoms with van der Waals surface area (Å²) in [4.78, 5) is 13.9. The molecular formula is C10H12N4O3. The molecule has 0 saturated carbocycles. The minimum Gasteiger partial charge on any atom is -0.497 e. The molecule has 0 fully saturated rings. The number of methoxy groups -OCH3 is 2. The topological polar surface area (TPSA) is 96.3 Å². The molecule has 90 valence electrons. The van der Waals surface area contributed by atoms with E-state index in [1.54, 1.807) is 18.2 Å². The molecule has 0 spiro atoms. The van der Waals surface area contributed by atoms with Gasteiger partial charge in [-0.05, 0) is 17.7 Å². The average molecular weight is 236 g/mol. The van der Waals surface area contributed by atoms with Crippen LogP contribution in [0.3, 0.4) is 0 Å². The predicted octanol–water partition coefficient (Wildman–Crippen LogP) is 1.95. The van der Waals surface area contributed by atoms with Crippen molar-refractivity contribution in [2.45, 2.75) is 0 Å². The molecule has 0 unspecified atom stereocenters. The molecule has 1 aromatic rings. The van der Waals surface area contributed by atoms with Gasteiger partial charge in [0.25, 0.3) is 0 Å². The highest BCUT2D eigenvalue weighted by molar-refractivity contribution is 5.94. The maximum absolute atomic E-state index is 11.4. The highest BCUT2D eigenvalue weighted by Crippen LogP contribution is 2.28. The van der Waals surface area contributed by atoms with Gasteiger partial charge in [-0.3, -0.25) is 4.79 Å². The molecular weight excluding hydrogens is 224 g/mol. The smallest absolute Gasteiger partial charge is 0.230 e. The van der Waals surface area contributed by atoms with Crippen LogP contribution in [0.5, 0.6) is 11.5 Å². The zero-order valence-electron chi connectivity index (χ0n) is 9.51. The third-order valence-corrected chi connectivity index (χ3v) is 1.96. The van der Waals surface area contributed by atoms with Crippen LogP contribution in [0.2, 0.25) is 0 Å². The van der Waals surface area contributed by atoms with E-state index in [1.165, 1.54) is 14.2 Å². The Morgan fingerprint density at radius 2 is 2.24 bits per heavy atom. The monoisotopic (exact) mass is 236 g/mol. The van der Waals surface area contributed by atoms with Crippen LogP contribution in [0.1, 0.15) is 0 Å². The first-order chi connectivity index (χ1) is 8.21. The van der Waals surface area contributed by atoms with Crippen LogP contribution in [0, 0.1) is 0 Å². The van der Waals surface area contributed by atoms with E-state index in [9.17, 15) is 4.79 Å². The van der Waals surface area contributed by atoms with Gasteiger partial charge in [-0.25, -0.2) is 0 Å². The van der Waals surface area contributed by atoms with Crippen molar-refractivity contribution in [1.82, 2.24) is 0 Å². The molecule has 7 heteroatoms. The molecule has 0 radical (unpaired) electrons. The molecule has 0 saturated heterocycles. The minimum absolute atomic E-state index is 0.267. The van der Waals surface area contributed by atoms with E-state index in [4.69, 9.17) is 15.0 Å². The molecule has 7 nitrogen and oxygen atoms in total. The fraction of sp³-hybridized carbons (Fsp3) is 0.300. The van der Waals surface area contributed by atoms with Gasteiger partial charge < -0.3 is 14.8 Å². The molecule has 1 rings (SSSR count). The third kappa shape index (κ3) is 3.58. The lowest BCUT2D eigenvalue weighted by Gasteiger charge is -2.10. The first kappa shape index (κ1) is 12.7. The Balaban J connectivity index is 2.87. The van der Waals surface area contributed by atoms with E-state index in [0.29, 0.717) is 17.2 Å². The number of azide groups is 1. The largest absolute Gasteiger partial charge is 0.497 e. The van der Waals surface area contributed by atoms with E-state index < -0.39 is 5.91 Å². The first-order valence-electron chi connectivity index (χ1n) is 4.74. The van der Waals surface area contributed by atoms with Gasteiger partial charge in [0, 0.05) is 11.0 Å². The van der Waals surface area contributed by atoms with Gasteiger partial charge in [-0.2, -0.15) is 0 Å². The van der Waals surface area contributed by atoms with Crippen molar-refractivity contribution in [3.8, 4) is 11.5 Å². The highest BCUT2D eigenvalue weighted by atomic mass is 16.5. The van der Waals surface area contributed by atoms with Gasteiger partial charge in [0.15, 0.2) is 0 Å². The van der Waals surface area contributed by atoms with Gasteiger partial charge in [0.1, 0.15) is 18.0 Å². The maximum Gasteiger partial charge on any atom is 0.230 e. The fourth-order valence-electron chi connectivity index (χ4n) is 1.20. The summed E-state index contributed by atoms with van der Waals surface area (Å²) in [7, 11) is 3.01. The van der Waals surface area contributed by atoms with Crippen LogP contribution in [0.4, 0.5) is 5.69 Å². The van der Waals surface area contributed by atoms with Gasteiger partial charge >= 0.3 is 0 Å². The molecule has 1 amide bonds. The van der Waals surface area contributed by atoms with E-state index in [1.807, 2.05) is 0 Å². The number of nitrogens with zero attached hydrogens (tertiary/aromatic N) is 3. The van der Waals surface area contributed by atoms with E-state index >= 15 is 0 Å². The number of ether oxygens (including phenoxy) is 2. The number of anilines is 1. The van der Waals surface area contributed by atoms with E-state index in [0.717, 1.165) is 0 Å². The Morgan fingerprint density at radius 3 is 2.82 bits per heavy atom. The molecule has 1 N–H and O–H groups in total. The summed E-state index contributed by atoms with van der Waals surface area (Å²) >= 11 is 0. The quantitative estimate of drug-likeness (QED) is 0.480. The first-order valence-corrected chi connectivity index (χ1v) is 4.74. The number of hydrogen-bond donors (Lipinski definition) is 1. The number of amides is 1. The van der Waals surface area contributed by atoms with Crippen molar-refractivity contribution in [3.63, 3.8) is 0 Å². The summed E-state index contributed by atoms with van der Waals surface area (Å²) < 4.78 is 10.1. The van der Waals surface area contributed by atoms with Crippen molar-refractivity contribution >= 4 is 11.6 Å². The van der Waals surface area contributed by atoms with Gasteiger partial charge in [-0.15, -0.1) is 0 Å². The summed E-state index contributed by atoms with van der Waals surface area (Å²) in [6.45, 7) is -0.267. The van der Waals surface area contributed by atoms with Crippen LogP contribution in [-0.2, 0) is 4.79 Å². The highest BCUT2D eigenvalue weighted by Gasteiger charge is 2.08. The van der Waals surface area contributed by atoms with Crippen LogP contribution in [0.15, 0.2) is 23.3 Å². The zero-order chi connectivity index (χ0) is 12.7. The molecule has 0 heterocycles. The minimum atomic E-state index is -0.422. The number of carbonyl (C=O) groups is 1. The van der Waals surface area contributed by atoms with Crippen LogP contribution >= 0.6 is 0 Å². The summed E-state index contributed by atoms with van der Waals surface area (Å²) in [5.41, 5.74) is 8.56. The summed E-state index contributed by atoms with van der Waals surface area (Å²) in [5.74, 6) is 0.666. The van der Waals surface area contributed by atoms with E-state index in [2.05, 4.69) is 15.3 Å². The Morgan fingerprint density at radius 1 is 1.47 bits per heavy atom. The van der Waals surface area contributed by atoms with Gasteiger partial charge in [0.05, 0.1) is 19.9 Å². The second-order valence-corrected chi connectivity index (χ2v) is 3.00. The van der Waals surface area contributed by atoms with Crippen LogP contribution < -0.4 is 14.8 Å². The molecule has 0 atom stereocenters. The standard InChI is InChI=1S/C10H12N4O3/c1-16-7-3-4-9(17-2)8(5-7)13-10(15)6-12-14-11/h3-5H,6H2,1-2H3,(H,13,15). The molecule has 1 aromatic carbocycles. The zero-order valence-corrected chi connectivity index (χ0v) is 9.51. The summed E-state index contributed by atoms with van der Waals surface area (Å²) in [6, 6.07) is 5.00. The normalized spacial score (nSPS) is 9.06. The number of carbonyl (C=O) groups excluding carboxylic acids is 1. The number of rotatable bonds is 5. The van der Waals surface area contributed by atoms with Crippen LogP contribution in [-0.4, -0.2) is 26.7 Å². The number of benzene rings is 1. The Bertz CT molecular complexity index is 455. The van der Waals surface area contributed by atoms with Crippen molar-refractivity contribution < 1.29 is 14.3 Å². The Kier molecular flexibility index (Phi) is 4.65. The number of nitrogens with one attached hydrogen (secondary N) is 1. The fourth-order valence-corrected chi connectivity index (χ4v) is 1.20. The van der Waals surface area contributed by atoms with Crippen molar-refractivity contribution in [2.24, 2.45) is 5.11 Å². The summed E-state index contributed by atoms with van der Waals surface area (Å²) in [5, 5.41) is 5.72. The second kappa shape index (κ2) is 6.24. The second-order valence-electron chi connectivity index (χ2n) is 3.00. The van der Waals surface area contributed by atoms with Crippen molar-refractivity contribution in [2.75, 3.05) is 26.1 Å². The van der Waals surface area contributed by atoms with Gasteiger partial charge in [-0.1, -0.05) is 5.11 Å². The maximum atomic E-state index is 11.4. The molecule has 0 aliphatic rings. The Hall–Kier alpha value is -2.40. The summed E-state index contributed by atoms with van der Waals surface area (Å²) in [6.07, 6.45) is 0. The molecule has 0 aliphatic heterocycles. The van der Waals surface area contributed by atoms with Crippen molar-refractivity contribution in [3.05, 3.63) is 28.6 Å². The van der Waals surface area contributed by atoms with Crippen molar-refractivity contribution in [1.29, 1.82) is 0 Å². The lowest BCUT2D eigenvalue weighted by atomic mass is 10.2. The third-order valence-electron chi connectivity index (χ3n) is 1.96. The molecule has 0 aliphatic carbocycles. The van der Waals surface area contributed by atoms with Gasteiger partial charge in [0.2, 0.25) is 5.91 Å². The molecule has 17 heavy (non-hydrogen) atoms. The number of hydrogen-bond acceptors (Lipinski definition) is 4. The average Bonchev–Trinajstić information content (AvgIpc) is 2.36. The molecule has 0 aromatic heterocycles. The molecule has 0 bridgehead atoms. The SMILES string of the molecule is COc1ccc(OC)c(NC(=O)CN=[N+]=[N-])c1.